The Kier molecular flexibility index (Phi) is 2.32. The van der Waals surface area contributed by atoms with Crippen molar-refractivity contribution in [3.05, 3.63) is 35.4 Å². The van der Waals surface area contributed by atoms with E-state index in [1.807, 2.05) is 0 Å². The summed E-state index contributed by atoms with van der Waals surface area (Å²) in [5.41, 5.74) is 3.08. The van der Waals surface area contributed by atoms with Gasteiger partial charge in [0.2, 0.25) is 0 Å². The lowest BCUT2D eigenvalue weighted by molar-refractivity contribution is 0.381. The molecule has 3 rings (SSSR count). The highest BCUT2D eigenvalue weighted by molar-refractivity contribution is 5.85. The first kappa shape index (κ1) is 10.0. The minimum atomic E-state index is 0. The maximum absolute atomic E-state index is 3.69. The van der Waals surface area contributed by atoms with Gasteiger partial charge in [-0.15, -0.1) is 12.4 Å². The Hall–Kier alpha value is -0.530. The molecule has 2 aliphatic heterocycles. The van der Waals surface area contributed by atoms with Crippen molar-refractivity contribution in [2.75, 3.05) is 0 Å². The van der Waals surface area contributed by atoms with Crippen LogP contribution in [0.25, 0.3) is 0 Å². The monoisotopic (exact) mass is 209 g/mol. The molecule has 2 heteroatoms. The zero-order valence-electron chi connectivity index (χ0n) is 8.53. The molecule has 4 unspecified atom stereocenters. The molecule has 1 fully saturated rings. The Morgan fingerprint density at radius 1 is 0.929 bits per heavy atom. The normalized spacial score (nSPS) is 37.9. The van der Waals surface area contributed by atoms with Crippen LogP contribution in [0.4, 0.5) is 0 Å². The first-order chi connectivity index (χ1) is 6.29. The zero-order chi connectivity index (χ0) is 9.00. The van der Waals surface area contributed by atoms with Gasteiger partial charge in [-0.1, -0.05) is 38.1 Å². The summed E-state index contributed by atoms with van der Waals surface area (Å²) in [5, 5.41) is 3.69. The van der Waals surface area contributed by atoms with Gasteiger partial charge in [0.15, 0.2) is 0 Å². The smallest absolute Gasteiger partial charge is 0.0358 e. The second-order valence-corrected chi connectivity index (χ2v) is 4.47. The molecule has 0 saturated carbocycles. The van der Waals surface area contributed by atoms with Crippen LogP contribution >= 0.6 is 12.4 Å². The summed E-state index contributed by atoms with van der Waals surface area (Å²) in [6.07, 6.45) is 0. The van der Waals surface area contributed by atoms with Crippen LogP contribution in [0, 0.1) is 11.8 Å². The van der Waals surface area contributed by atoms with Crippen molar-refractivity contribution in [2.45, 2.75) is 25.9 Å². The Morgan fingerprint density at radius 3 is 1.79 bits per heavy atom. The number of nitrogens with one attached hydrogen (secondary N) is 1. The fourth-order valence-corrected chi connectivity index (χ4v) is 2.93. The van der Waals surface area contributed by atoms with Crippen LogP contribution in [0.15, 0.2) is 24.3 Å². The first-order valence-electron chi connectivity index (χ1n) is 5.14. The molecule has 0 spiro atoms. The predicted octanol–water partition coefficient (Wildman–Crippen LogP) is 3.08. The molecule has 1 N–H and O–H groups in total. The lowest BCUT2D eigenvalue weighted by Gasteiger charge is -2.25. The van der Waals surface area contributed by atoms with Crippen LogP contribution < -0.4 is 5.32 Å². The standard InChI is InChI=1S/C12H15N.ClH/c1-7-8(2)12-10-6-4-3-5-9(10)11(7)13-12;/h3-8,11-13H,1-2H3;1H. The molecule has 0 aliphatic carbocycles. The van der Waals surface area contributed by atoms with Gasteiger partial charge < -0.3 is 5.32 Å². The molecule has 2 heterocycles. The molecule has 2 aliphatic rings. The molecule has 1 aromatic rings. The molecular formula is C12H16ClN. The van der Waals surface area contributed by atoms with Crippen LogP contribution in [0.3, 0.4) is 0 Å². The minimum Gasteiger partial charge on any atom is -0.303 e. The van der Waals surface area contributed by atoms with Crippen LogP contribution in [-0.2, 0) is 0 Å². The summed E-state index contributed by atoms with van der Waals surface area (Å²) in [4.78, 5) is 0. The molecule has 0 radical (unpaired) electrons. The Morgan fingerprint density at radius 2 is 1.36 bits per heavy atom. The minimum absolute atomic E-state index is 0. The summed E-state index contributed by atoms with van der Waals surface area (Å²) >= 11 is 0. The molecule has 76 valence electrons. The predicted molar refractivity (Wildman–Crippen MR) is 60.6 cm³/mol. The Balaban J connectivity index is 0.000000750. The maximum atomic E-state index is 3.69. The second-order valence-electron chi connectivity index (χ2n) is 4.47. The summed E-state index contributed by atoms with van der Waals surface area (Å²) in [6, 6.07) is 10.1. The summed E-state index contributed by atoms with van der Waals surface area (Å²) in [7, 11) is 0. The summed E-state index contributed by atoms with van der Waals surface area (Å²) < 4.78 is 0. The van der Waals surface area contributed by atoms with E-state index in [1.54, 1.807) is 0 Å². The number of hydrogen-bond acceptors (Lipinski definition) is 1. The number of rotatable bonds is 0. The van der Waals surface area contributed by atoms with Gasteiger partial charge in [0.1, 0.15) is 0 Å². The van der Waals surface area contributed by atoms with E-state index in [-0.39, 0.29) is 12.4 Å². The highest BCUT2D eigenvalue weighted by atomic mass is 35.5. The number of benzene rings is 1. The molecule has 2 bridgehead atoms. The molecular weight excluding hydrogens is 194 g/mol. The highest BCUT2D eigenvalue weighted by Crippen LogP contribution is 2.51. The van der Waals surface area contributed by atoms with Gasteiger partial charge in [-0.3, -0.25) is 0 Å². The molecule has 1 saturated heterocycles. The third-order valence-corrected chi connectivity index (χ3v) is 3.91. The lowest BCUT2D eigenvalue weighted by atomic mass is 9.78. The van der Waals surface area contributed by atoms with Crippen molar-refractivity contribution >= 4 is 12.4 Å². The van der Waals surface area contributed by atoms with Gasteiger partial charge in [0.25, 0.3) is 0 Å². The van der Waals surface area contributed by atoms with E-state index in [9.17, 15) is 0 Å². The van der Waals surface area contributed by atoms with E-state index >= 15 is 0 Å². The van der Waals surface area contributed by atoms with Gasteiger partial charge in [0.05, 0.1) is 0 Å². The molecule has 1 aromatic carbocycles. The van der Waals surface area contributed by atoms with Gasteiger partial charge in [-0.25, -0.2) is 0 Å². The van der Waals surface area contributed by atoms with Crippen molar-refractivity contribution < 1.29 is 0 Å². The Bertz CT molecular complexity index is 317. The average molecular weight is 210 g/mol. The van der Waals surface area contributed by atoms with Crippen LogP contribution in [0.1, 0.15) is 37.1 Å². The molecule has 14 heavy (non-hydrogen) atoms. The quantitative estimate of drug-likeness (QED) is 0.693. The van der Waals surface area contributed by atoms with Crippen molar-refractivity contribution in [1.82, 2.24) is 5.32 Å². The van der Waals surface area contributed by atoms with E-state index in [2.05, 4.69) is 43.4 Å². The van der Waals surface area contributed by atoms with Crippen LogP contribution in [0.5, 0.6) is 0 Å². The maximum Gasteiger partial charge on any atom is 0.0358 e. The molecule has 0 aromatic heterocycles. The summed E-state index contributed by atoms with van der Waals surface area (Å²) in [6.45, 7) is 4.72. The second kappa shape index (κ2) is 3.25. The highest BCUT2D eigenvalue weighted by Gasteiger charge is 2.45. The van der Waals surface area contributed by atoms with Crippen molar-refractivity contribution in [3.63, 3.8) is 0 Å². The topological polar surface area (TPSA) is 12.0 Å². The SMILES string of the molecule is CC1C2NC(c3ccccc32)C1C.Cl. The van der Waals surface area contributed by atoms with Crippen LogP contribution in [0.2, 0.25) is 0 Å². The fraction of sp³-hybridized carbons (Fsp3) is 0.500. The number of hydrogen-bond donors (Lipinski definition) is 1. The number of fused-ring (bicyclic) bond motifs is 5. The first-order valence-corrected chi connectivity index (χ1v) is 5.14. The van der Waals surface area contributed by atoms with Crippen molar-refractivity contribution in [2.24, 2.45) is 11.8 Å². The molecule has 0 amide bonds. The summed E-state index contributed by atoms with van der Waals surface area (Å²) in [5.74, 6) is 1.58. The molecule has 1 nitrogen and oxygen atoms in total. The lowest BCUT2D eigenvalue weighted by Crippen LogP contribution is -2.16. The average Bonchev–Trinajstić information content (AvgIpc) is 2.66. The molecule has 4 atom stereocenters. The van der Waals surface area contributed by atoms with E-state index in [1.165, 1.54) is 11.1 Å². The third-order valence-electron chi connectivity index (χ3n) is 3.91. The van der Waals surface area contributed by atoms with E-state index < -0.39 is 0 Å². The number of halogens is 1. The van der Waals surface area contributed by atoms with E-state index in [4.69, 9.17) is 0 Å². The van der Waals surface area contributed by atoms with Gasteiger partial charge in [0, 0.05) is 12.1 Å². The van der Waals surface area contributed by atoms with E-state index in [0.717, 1.165) is 11.8 Å². The Labute approximate surface area is 91.3 Å². The van der Waals surface area contributed by atoms with Crippen LogP contribution in [-0.4, -0.2) is 0 Å². The van der Waals surface area contributed by atoms with Crippen molar-refractivity contribution in [1.29, 1.82) is 0 Å². The van der Waals surface area contributed by atoms with Gasteiger partial charge in [-0.05, 0) is 23.0 Å². The third kappa shape index (κ3) is 1.06. The zero-order valence-corrected chi connectivity index (χ0v) is 9.34. The van der Waals surface area contributed by atoms with E-state index in [0.29, 0.717) is 12.1 Å². The van der Waals surface area contributed by atoms with Gasteiger partial charge >= 0.3 is 0 Å². The van der Waals surface area contributed by atoms with Gasteiger partial charge in [-0.2, -0.15) is 0 Å². The fourth-order valence-electron chi connectivity index (χ4n) is 2.93. The largest absolute Gasteiger partial charge is 0.303 e. The van der Waals surface area contributed by atoms with Crippen molar-refractivity contribution in [3.8, 4) is 0 Å².